The van der Waals surface area contributed by atoms with Crippen molar-refractivity contribution >= 4 is 27.5 Å². The first-order valence-corrected chi connectivity index (χ1v) is 5.92. The summed E-state index contributed by atoms with van der Waals surface area (Å²) in [6.45, 7) is 0.853. The molecule has 1 rings (SSSR count). The van der Waals surface area contributed by atoms with Crippen LogP contribution in [0.25, 0.3) is 0 Å². The Balaban J connectivity index is 2.51. The van der Waals surface area contributed by atoms with E-state index in [9.17, 15) is 18.0 Å². The predicted molar refractivity (Wildman–Crippen MR) is 65.0 cm³/mol. The number of amides is 1. The van der Waals surface area contributed by atoms with Crippen LogP contribution >= 0.6 is 15.9 Å². The van der Waals surface area contributed by atoms with Crippen molar-refractivity contribution in [3.05, 3.63) is 24.3 Å². The molecule has 0 aromatic heterocycles. The number of ether oxygens (including phenoxy) is 1. The zero-order chi connectivity index (χ0) is 13.8. The van der Waals surface area contributed by atoms with Gasteiger partial charge in [0.25, 0.3) is 0 Å². The van der Waals surface area contributed by atoms with Gasteiger partial charge < -0.3 is 10.1 Å². The van der Waals surface area contributed by atoms with Gasteiger partial charge in [0, 0.05) is 12.6 Å². The number of halogens is 4. The lowest BCUT2D eigenvalue weighted by Crippen LogP contribution is -2.28. The molecule has 1 N–H and O–H groups in total. The van der Waals surface area contributed by atoms with Crippen LogP contribution in [-0.2, 0) is 4.79 Å². The lowest BCUT2D eigenvalue weighted by atomic mass is 10.3. The third kappa shape index (κ3) is 4.95. The van der Waals surface area contributed by atoms with Gasteiger partial charge in [-0.25, -0.2) is 0 Å². The molecule has 1 atom stereocenters. The molecule has 1 amide bonds. The van der Waals surface area contributed by atoms with Gasteiger partial charge >= 0.3 is 6.18 Å². The third-order valence-corrected chi connectivity index (χ3v) is 2.71. The smallest absolute Gasteiger partial charge is 0.404 e. The van der Waals surface area contributed by atoms with E-state index >= 15 is 0 Å². The Morgan fingerprint density at radius 2 is 1.94 bits per heavy atom. The van der Waals surface area contributed by atoms with Gasteiger partial charge in [0.2, 0.25) is 5.91 Å². The molecule has 0 spiro atoms. The van der Waals surface area contributed by atoms with E-state index in [1.165, 1.54) is 19.1 Å². The van der Waals surface area contributed by atoms with Gasteiger partial charge in [-0.05, 0) is 24.3 Å². The number of carbonyl (C=O) groups excluding carboxylic acids is 1. The zero-order valence-corrected chi connectivity index (χ0v) is 11.0. The summed E-state index contributed by atoms with van der Waals surface area (Å²) >= 11 is 2.50. The highest BCUT2D eigenvalue weighted by atomic mass is 79.9. The van der Waals surface area contributed by atoms with Gasteiger partial charge in [0.05, 0.1) is 0 Å². The summed E-state index contributed by atoms with van der Waals surface area (Å²) in [7, 11) is 0. The standard InChI is InChI=1S/C11H11BrF3NO2/c1-7(17)16-8-2-4-9(5-3-8)18-6-10(12)11(13,14)15/h2-5,10H,6H2,1H3,(H,16,17). The van der Waals surface area contributed by atoms with Crippen molar-refractivity contribution in [2.45, 2.75) is 17.9 Å². The van der Waals surface area contributed by atoms with E-state index in [2.05, 4.69) is 21.2 Å². The van der Waals surface area contributed by atoms with E-state index in [0.717, 1.165) is 0 Å². The molecule has 0 bridgehead atoms. The van der Waals surface area contributed by atoms with Crippen molar-refractivity contribution in [2.75, 3.05) is 11.9 Å². The van der Waals surface area contributed by atoms with Crippen LogP contribution in [0.15, 0.2) is 24.3 Å². The first-order valence-electron chi connectivity index (χ1n) is 5.00. The summed E-state index contributed by atoms with van der Waals surface area (Å²) in [5, 5.41) is 2.54. The van der Waals surface area contributed by atoms with Crippen molar-refractivity contribution in [1.29, 1.82) is 0 Å². The molecule has 3 nitrogen and oxygen atoms in total. The number of rotatable bonds is 4. The number of nitrogens with one attached hydrogen (secondary N) is 1. The summed E-state index contributed by atoms with van der Waals surface area (Å²) < 4.78 is 41.5. The Morgan fingerprint density at radius 3 is 2.39 bits per heavy atom. The van der Waals surface area contributed by atoms with E-state index in [0.29, 0.717) is 11.4 Å². The number of hydrogen-bond donors (Lipinski definition) is 1. The van der Waals surface area contributed by atoms with Crippen molar-refractivity contribution in [3.63, 3.8) is 0 Å². The van der Waals surface area contributed by atoms with E-state index in [1.54, 1.807) is 12.1 Å². The molecule has 7 heteroatoms. The van der Waals surface area contributed by atoms with Crippen LogP contribution in [0, 0.1) is 0 Å². The molecule has 0 heterocycles. The second-order valence-corrected chi connectivity index (χ2v) is 4.63. The van der Waals surface area contributed by atoms with Crippen LogP contribution in [0.5, 0.6) is 5.75 Å². The van der Waals surface area contributed by atoms with Gasteiger partial charge in [0.1, 0.15) is 17.2 Å². The minimum atomic E-state index is -4.34. The van der Waals surface area contributed by atoms with E-state index in [4.69, 9.17) is 4.74 Å². The molecule has 100 valence electrons. The molecule has 0 saturated carbocycles. The van der Waals surface area contributed by atoms with Gasteiger partial charge in [-0.2, -0.15) is 13.2 Å². The summed E-state index contributed by atoms with van der Waals surface area (Å²) in [5.74, 6) is 0.0825. The minimum absolute atomic E-state index is 0.221. The van der Waals surface area contributed by atoms with Crippen LogP contribution in [0.3, 0.4) is 0 Å². The Kier molecular flexibility index (Phi) is 5.01. The van der Waals surface area contributed by atoms with Crippen molar-refractivity contribution in [3.8, 4) is 5.75 Å². The lowest BCUT2D eigenvalue weighted by molar-refractivity contribution is -0.132. The fraction of sp³-hybridized carbons (Fsp3) is 0.364. The average molecular weight is 326 g/mol. The maximum Gasteiger partial charge on any atom is 0.404 e. The lowest BCUT2D eigenvalue weighted by Gasteiger charge is -2.15. The quantitative estimate of drug-likeness (QED) is 0.862. The molecule has 0 aliphatic rings. The van der Waals surface area contributed by atoms with Gasteiger partial charge in [-0.15, -0.1) is 0 Å². The summed E-state index contributed by atoms with van der Waals surface area (Å²) in [5.41, 5.74) is 0.557. The fourth-order valence-electron chi connectivity index (χ4n) is 1.10. The van der Waals surface area contributed by atoms with E-state index in [1.807, 2.05) is 0 Å². The molecule has 1 unspecified atom stereocenters. The van der Waals surface area contributed by atoms with Crippen molar-refractivity contribution < 1.29 is 22.7 Å². The highest BCUT2D eigenvalue weighted by molar-refractivity contribution is 9.09. The fourth-order valence-corrected chi connectivity index (χ4v) is 1.23. The largest absolute Gasteiger partial charge is 0.492 e. The second kappa shape index (κ2) is 6.08. The Bertz CT molecular complexity index is 406. The molecular weight excluding hydrogens is 315 g/mol. The zero-order valence-electron chi connectivity index (χ0n) is 9.42. The number of carbonyl (C=O) groups is 1. The number of anilines is 1. The monoisotopic (exact) mass is 325 g/mol. The van der Waals surface area contributed by atoms with Gasteiger partial charge in [0.15, 0.2) is 0 Å². The maximum atomic E-state index is 12.2. The van der Waals surface area contributed by atoms with Crippen molar-refractivity contribution in [2.24, 2.45) is 0 Å². The molecule has 0 saturated heterocycles. The molecule has 0 aliphatic carbocycles. The second-order valence-electron chi connectivity index (χ2n) is 3.53. The van der Waals surface area contributed by atoms with Crippen LogP contribution in [0.1, 0.15) is 6.92 Å². The summed E-state index contributed by atoms with van der Waals surface area (Å²) in [4.78, 5) is 9.04. The number of hydrogen-bond acceptors (Lipinski definition) is 2. The predicted octanol–water partition coefficient (Wildman–Crippen LogP) is 3.35. The Labute approximate surface area is 110 Å². The highest BCUT2D eigenvalue weighted by Gasteiger charge is 2.38. The summed E-state index contributed by atoms with van der Waals surface area (Å²) in [6.07, 6.45) is -4.34. The SMILES string of the molecule is CC(=O)Nc1ccc(OCC(Br)C(F)(F)F)cc1. The molecule has 0 radical (unpaired) electrons. The molecular formula is C11H11BrF3NO2. The number of benzene rings is 1. The van der Waals surface area contributed by atoms with Crippen LogP contribution < -0.4 is 10.1 Å². The van der Waals surface area contributed by atoms with Gasteiger partial charge in [-0.1, -0.05) is 15.9 Å². The normalized spacial score (nSPS) is 12.9. The van der Waals surface area contributed by atoms with Crippen LogP contribution in [0.2, 0.25) is 0 Å². The molecule has 0 fully saturated rings. The highest BCUT2D eigenvalue weighted by Crippen LogP contribution is 2.27. The van der Waals surface area contributed by atoms with Crippen LogP contribution in [-0.4, -0.2) is 23.5 Å². The molecule has 1 aromatic carbocycles. The average Bonchev–Trinajstić information content (AvgIpc) is 2.25. The van der Waals surface area contributed by atoms with E-state index in [-0.39, 0.29) is 5.91 Å². The Hall–Kier alpha value is -1.24. The molecule has 18 heavy (non-hydrogen) atoms. The molecule has 0 aliphatic heterocycles. The molecule has 1 aromatic rings. The topological polar surface area (TPSA) is 38.3 Å². The third-order valence-electron chi connectivity index (χ3n) is 1.93. The minimum Gasteiger partial charge on any atom is -0.492 e. The van der Waals surface area contributed by atoms with Crippen molar-refractivity contribution in [1.82, 2.24) is 0 Å². The van der Waals surface area contributed by atoms with Gasteiger partial charge in [-0.3, -0.25) is 4.79 Å². The summed E-state index contributed by atoms with van der Waals surface area (Å²) in [6, 6.07) is 6.07. The van der Waals surface area contributed by atoms with E-state index < -0.39 is 17.6 Å². The first-order chi connectivity index (χ1) is 8.29. The Morgan fingerprint density at radius 1 is 1.39 bits per heavy atom. The van der Waals surface area contributed by atoms with Crippen LogP contribution in [0.4, 0.5) is 18.9 Å². The number of alkyl halides is 4. The first kappa shape index (κ1) is 14.8. The maximum absolute atomic E-state index is 12.2.